The molecule has 134 valence electrons. The molecular weight excluding hydrogens is 374 g/mol. The van der Waals surface area contributed by atoms with Gasteiger partial charge in [-0.1, -0.05) is 35.5 Å². The summed E-state index contributed by atoms with van der Waals surface area (Å²) >= 11 is 7.40. The fourth-order valence-electron chi connectivity index (χ4n) is 2.17. The molecule has 0 aliphatic carbocycles. The number of halogens is 1. The highest BCUT2D eigenvalue weighted by atomic mass is 35.5. The Bertz CT molecular complexity index is 931. The number of amides is 1. The lowest BCUT2D eigenvalue weighted by Crippen LogP contribution is -2.14. The summed E-state index contributed by atoms with van der Waals surface area (Å²) in [6.45, 7) is 1.92. The number of thioether (sulfide) groups is 1. The molecule has 1 aromatic heterocycles. The monoisotopic (exact) mass is 389 g/mol. The van der Waals surface area contributed by atoms with Gasteiger partial charge in [-0.2, -0.15) is 4.68 Å². The minimum atomic E-state index is -0.167. The Labute approximate surface area is 159 Å². The van der Waals surface area contributed by atoms with E-state index in [1.54, 1.807) is 30.0 Å². The molecule has 0 aliphatic rings. The average molecular weight is 390 g/mol. The molecule has 9 heteroatoms. The van der Waals surface area contributed by atoms with Crippen LogP contribution in [0.5, 0.6) is 5.75 Å². The van der Waals surface area contributed by atoms with Crippen molar-refractivity contribution < 1.29 is 9.53 Å². The summed E-state index contributed by atoms with van der Waals surface area (Å²) in [7, 11) is 1.58. The van der Waals surface area contributed by atoms with Crippen LogP contribution in [0, 0.1) is 6.92 Å². The SMILES string of the molecule is COc1cccc(NC(=O)CSc2nnnn2-c2ccc(C)c(Cl)c2)c1. The van der Waals surface area contributed by atoms with Crippen molar-refractivity contribution in [2.24, 2.45) is 0 Å². The van der Waals surface area contributed by atoms with Crippen LogP contribution in [0.1, 0.15) is 5.56 Å². The van der Waals surface area contributed by atoms with Gasteiger partial charge in [0.05, 0.1) is 18.6 Å². The second-order valence-electron chi connectivity index (χ2n) is 5.38. The highest BCUT2D eigenvalue weighted by Crippen LogP contribution is 2.23. The molecule has 0 bridgehead atoms. The lowest BCUT2D eigenvalue weighted by atomic mass is 10.2. The Morgan fingerprint density at radius 3 is 2.92 bits per heavy atom. The minimum absolute atomic E-state index is 0.164. The molecule has 0 saturated carbocycles. The number of carbonyl (C=O) groups excluding carboxylic acids is 1. The maximum absolute atomic E-state index is 12.2. The van der Waals surface area contributed by atoms with Crippen molar-refractivity contribution in [2.75, 3.05) is 18.2 Å². The quantitative estimate of drug-likeness (QED) is 0.651. The first-order valence-corrected chi connectivity index (χ1v) is 9.05. The third-order valence-corrected chi connectivity index (χ3v) is 4.85. The zero-order valence-electron chi connectivity index (χ0n) is 14.1. The van der Waals surface area contributed by atoms with Gasteiger partial charge in [-0.05, 0) is 47.2 Å². The predicted molar refractivity (Wildman–Crippen MR) is 101 cm³/mol. The molecule has 2 aromatic carbocycles. The van der Waals surface area contributed by atoms with E-state index in [0.717, 1.165) is 11.3 Å². The summed E-state index contributed by atoms with van der Waals surface area (Å²) < 4.78 is 6.69. The third-order valence-electron chi connectivity index (χ3n) is 3.53. The number of nitrogens with one attached hydrogen (secondary N) is 1. The van der Waals surface area contributed by atoms with Crippen LogP contribution >= 0.6 is 23.4 Å². The summed E-state index contributed by atoms with van der Waals surface area (Å²) in [6.07, 6.45) is 0. The molecular formula is C17H16ClN5O2S. The molecule has 0 aliphatic heterocycles. The molecule has 3 aromatic rings. The predicted octanol–water partition coefficient (Wildman–Crippen LogP) is 3.36. The second kappa shape index (κ2) is 8.20. The zero-order valence-corrected chi connectivity index (χ0v) is 15.7. The van der Waals surface area contributed by atoms with Crippen LogP contribution in [-0.4, -0.2) is 39.0 Å². The van der Waals surface area contributed by atoms with E-state index in [4.69, 9.17) is 16.3 Å². The number of carbonyl (C=O) groups is 1. The summed E-state index contributed by atoms with van der Waals surface area (Å²) in [6, 6.07) is 12.7. The third kappa shape index (κ3) is 4.33. The van der Waals surface area contributed by atoms with E-state index < -0.39 is 0 Å². The van der Waals surface area contributed by atoms with E-state index in [-0.39, 0.29) is 11.7 Å². The van der Waals surface area contributed by atoms with Crippen LogP contribution < -0.4 is 10.1 Å². The van der Waals surface area contributed by atoms with Crippen molar-refractivity contribution in [2.45, 2.75) is 12.1 Å². The molecule has 0 unspecified atom stereocenters. The molecule has 0 saturated heterocycles. The second-order valence-corrected chi connectivity index (χ2v) is 6.73. The molecule has 0 atom stereocenters. The summed E-state index contributed by atoms with van der Waals surface area (Å²) in [4.78, 5) is 12.2. The minimum Gasteiger partial charge on any atom is -0.497 e. The van der Waals surface area contributed by atoms with E-state index in [1.807, 2.05) is 31.2 Å². The summed E-state index contributed by atoms with van der Waals surface area (Å²) in [5.41, 5.74) is 2.37. The van der Waals surface area contributed by atoms with Crippen LogP contribution in [0.15, 0.2) is 47.6 Å². The van der Waals surface area contributed by atoms with Gasteiger partial charge in [0.2, 0.25) is 11.1 Å². The van der Waals surface area contributed by atoms with Crippen LogP contribution in [-0.2, 0) is 4.79 Å². The first-order chi connectivity index (χ1) is 12.6. The molecule has 0 radical (unpaired) electrons. The highest BCUT2D eigenvalue weighted by molar-refractivity contribution is 7.99. The van der Waals surface area contributed by atoms with Gasteiger partial charge >= 0.3 is 0 Å². The van der Waals surface area contributed by atoms with Crippen LogP contribution in [0.3, 0.4) is 0 Å². The first-order valence-electron chi connectivity index (χ1n) is 7.68. The van der Waals surface area contributed by atoms with E-state index in [1.165, 1.54) is 11.8 Å². The maximum atomic E-state index is 12.2. The van der Waals surface area contributed by atoms with Crippen molar-refractivity contribution in [3.8, 4) is 11.4 Å². The van der Waals surface area contributed by atoms with Crippen molar-refractivity contribution in [1.82, 2.24) is 20.2 Å². The number of aromatic nitrogens is 4. The molecule has 1 N–H and O–H groups in total. The number of anilines is 1. The molecule has 7 nitrogen and oxygen atoms in total. The molecule has 1 amide bonds. The van der Waals surface area contributed by atoms with Gasteiger partial charge in [0, 0.05) is 16.8 Å². The number of nitrogens with zero attached hydrogens (tertiary/aromatic N) is 4. The fourth-order valence-corrected chi connectivity index (χ4v) is 3.04. The van der Waals surface area contributed by atoms with Gasteiger partial charge in [0.1, 0.15) is 5.75 Å². The number of ether oxygens (including phenoxy) is 1. The standard InChI is InChI=1S/C17H16ClN5O2S/c1-11-6-7-13(9-15(11)18)23-17(20-21-22-23)26-10-16(24)19-12-4-3-5-14(8-12)25-2/h3-9H,10H2,1-2H3,(H,19,24). The summed E-state index contributed by atoms with van der Waals surface area (Å²) in [5, 5.41) is 15.6. The van der Waals surface area contributed by atoms with Crippen molar-refractivity contribution in [1.29, 1.82) is 0 Å². The maximum Gasteiger partial charge on any atom is 0.234 e. The highest BCUT2D eigenvalue weighted by Gasteiger charge is 2.12. The molecule has 3 rings (SSSR count). The number of methoxy groups -OCH3 is 1. The number of aryl methyl sites for hydroxylation is 1. The van der Waals surface area contributed by atoms with Crippen molar-refractivity contribution in [3.05, 3.63) is 53.1 Å². The molecule has 0 fully saturated rings. The van der Waals surface area contributed by atoms with Gasteiger partial charge < -0.3 is 10.1 Å². The Morgan fingerprint density at radius 2 is 2.15 bits per heavy atom. The average Bonchev–Trinajstić information content (AvgIpc) is 3.11. The number of rotatable bonds is 6. The normalized spacial score (nSPS) is 10.6. The lowest BCUT2D eigenvalue weighted by molar-refractivity contribution is -0.113. The Kier molecular flexibility index (Phi) is 5.75. The van der Waals surface area contributed by atoms with Gasteiger partial charge in [-0.25, -0.2) is 0 Å². The Morgan fingerprint density at radius 1 is 1.31 bits per heavy atom. The molecule has 26 heavy (non-hydrogen) atoms. The fraction of sp³-hybridized carbons (Fsp3) is 0.176. The molecule has 0 spiro atoms. The van der Waals surface area contributed by atoms with Crippen LogP contribution in [0.4, 0.5) is 5.69 Å². The van der Waals surface area contributed by atoms with Crippen LogP contribution in [0.2, 0.25) is 5.02 Å². The van der Waals surface area contributed by atoms with E-state index in [9.17, 15) is 4.79 Å². The zero-order chi connectivity index (χ0) is 18.5. The van der Waals surface area contributed by atoms with E-state index >= 15 is 0 Å². The van der Waals surface area contributed by atoms with Gasteiger partial charge in [0.15, 0.2) is 0 Å². The van der Waals surface area contributed by atoms with Gasteiger partial charge in [-0.3, -0.25) is 4.79 Å². The first kappa shape index (κ1) is 18.2. The van der Waals surface area contributed by atoms with Gasteiger partial charge in [-0.15, -0.1) is 5.10 Å². The van der Waals surface area contributed by atoms with Gasteiger partial charge in [0.25, 0.3) is 0 Å². The number of hydrogen-bond acceptors (Lipinski definition) is 6. The van der Waals surface area contributed by atoms with E-state index in [0.29, 0.717) is 21.6 Å². The van der Waals surface area contributed by atoms with Crippen LogP contribution in [0.25, 0.3) is 5.69 Å². The smallest absolute Gasteiger partial charge is 0.234 e. The Balaban J connectivity index is 1.66. The summed E-state index contributed by atoms with van der Waals surface area (Å²) in [5.74, 6) is 0.673. The molecule has 1 heterocycles. The lowest BCUT2D eigenvalue weighted by Gasteiger charge is -2.08. The number of benzene rings is 2. The topological polar surface area (TPSA) is 81.9 Å². The number of hydrogen-bond donors (Lipinski definition) is 1. The Hall–Kier alpha value is -2.58. The van der Waals surface area contributed by atoms with E-state index in [2.05, 4.69) is 20.8 Å². The van der Waals surface area contributed by atoms with Crippen molar-refractivity contribution in [3.63, 3.8) is 0 Å². The number of tetrazole rings is 1. The largest absolute Gasteiger partial charge is 0.497 e. The van der Waals surface area contributed by atoms with Crippen molar-refractivity contribution >= 4 is 35.0 Å².